The summed E-state index contributed by atoms with van der Waals surface area (Å²) in [5.74, 6) is 1.47. The van der Waals surface area contributed by atoms with E-state index in [0.717, 1.165) is 17.7 Å². The molecule has 1 heterocycles. The molecule has 0 unspecified atom stereocenters. The van der Waals surface area contributed by atoms with Crippen molar-refractivity contribution < 1.29 is 9.53 Å². The van der Waals surface area contributed by atoms with Crippen LogP contribution < -0.4 is 10.1 Å². The van der Waals surface area contributed by atoms with Crippen molar-refractivity contribution in [3.05, 3.63) is 24.3 Å². The number of aromatic nitrogens is 3. The Labute approximate surface area is 134 Å². The number of carbonyl (C=O) groups is 1. The predicted molar refractivity (Wildman–Crippen MR) is 87.0 cm³/mol. The number of carbonyl (C=O) groups excluding carboxylic acids is 1. The molecule has 1 aromatic heterocycles. The molecule has 0 spiro atoms. The van der Waals surface area contributed by atoms with Crippen LogP contribution in [-0.4, -0.2) is 40.0 Å². The van der Waals surface area contributed by atoms with Crippen molar-refractivity contribution in [2.45, 2.75) is 30.7 Å². The van der Waals surface area contributed by atoms with Crippen molar-refractivity contribution >= 4 is 17.7 Å². The molecule has 0 aliphatic heterocycles. The maximum atomic E-state index is 11.8. The molecule has 1 amide bonds. The first-order chi connectivity index (χ1) is 10.6. The van der Waals surface area contributed by atoms with E-state index in [1.807, 2.05) is 38.1 Å². The van der Waals surface area contributed by atoms with Crippen molar-refractivity contribution in [1.82, 2.24) is 20.5 Å². The zero-order chi connectivity index (χ0) is 15.9. The number of hydrogen-bond donors (Lipinski definition) is 2. The minimum absolute atomic E-state index is 0.00245. The smallest absolute Gasteiger partial charge is 0.233 e. The van der Waals surface area contributed by atoms with E-state index in [1.54, 1.807) is 7.11 Å². The van der Waals surface area contributed by atoms with Crippen molar-refractivity contribution in [3.8, 4) is 17.1 Å². The van der Waals surface area contributed by atoms with Crippen LogP contribution in [0.15, 0.2) is 29.4 Å². The molecule has 0 fully saturated rings. The molecular formula is C15H20N4O2S. The number of benzene rings is 1. The van der Waals surface area contributed by atoms with Gasteiger partial charge in [-0.05, 0) is 37.6 Å². The molecule has 1 aromatic carbocycles. The fraction of sp³-hybridized carbons (Fsp3) is 0.400. The van der Waals surface area contributed by atoms with E-state index in [1.165, 1.54) is 11.8 Å². The number of nitrogens with zero attached hydrogens (tertiary/aromatic N) is 2. The number of thioether (sulfide) groups is 1. The van der Waals surface area contributed by atoms with Gasteiger partial charge in [0.2, 0.25) is 11.1 Å². The molecule has 118 valence electrons. The monoisotopic (exact) mass is 320 g/mol. The molecule has 2 aromatic rings. The summed E-state index contributed by atoms with van der Waals surface area (Å²) in [6.45, 7) is 4.56. The van der Waals surface area contributed by atoms with Crippen LogP contribution in [-0.2, 0) is 4.79 Å². The normalized spacial score (nSPS) is 12.0. The quantitative estimate of drug-likeness (QED) is 0.766. The molecule has 2 N–H and O–H groups in total. The second-order valence-corrected chi connectivity index (χ2v) is 6.05. The van der Waals surface area contributed by atoms with Gasteiger partial charge in [0.1, 0.15) is 5.75 Å². The van der Waals surface area contributed by atoms with E-state index in [4.69, 9.17) is 4.74 Å². The van der Waals surface area contributed by atoms with Crippen LogP contribution in [0.4, 0.5) is 0 Å². The molecule has 0 saturated heterocycles. The van der Waals surface area contributed by atoms with Crippen LogP contribution in [0.2, 0.25) is 0 Å². The van der Waals surface area contributed by atoms with Gasteiger partial charge in [-0.25, -0.2) is 4.98 Å². The summed E-state index contributed by atoms with van der Waals surface area (Å²) in [6, 6.07) is 7.55. The standard InChI is InChI=1S/C15H20N4O2S/c1-4-9-16-14(20)10(2)22-15-17-13(18-19-15)11-5-7-12(21-3)8-6-11/h5-8,10H,4,9H2,1-3H3,(H,16,20)(H,17,18,19)/t10-/m0/s1. The number of aromatic amines is 1. The zero-order valence-electron chi connectivity index (χ0n) is 12.9. The third-order valence-electron chi connectivity index (χ3n) is 3.03. The van der Waals surface area contributed by atoms with E-state index in [9.17, 15) is 4.79 Å². The van der Waals surface area contributed by atoms with Crippen LogP contribution in [0.1, 0.15) is 20.3 Å². The lowest BCUT2D eigenvalue weighted by Crippen LogP contribution is -2.31. The number of rotatable bonds is 7. The van der Waals surface area contributed by atoms with Gasteiger partial charge < -0.3 is 10.1 Å². The highest BCUT2D eigenvalue weighted by atomic mass is 32.2. The number of ether oxygens (including phenoxy) is 1. The van der Waals surface area contributed by atoms with Crippen molar-refractivity contribution in [1.29, 1.82) is 0 Å². The predicted octanol–water partition coefficient (Wildman–Crippen LogP) is 2.49. The Morgan fingerprint density at radius 2 is 2.14 bits per heavy atom. The van der Waals surface area contributed by atoms with E-state index >= 15 is 0 Å². The maximum Gasteiger partial charge on any atom is 0.233 e. The Morgan fingerprint density at radius 3 is 2.77 bits per heavy atom. The van der Waals surface area contributed by atoms with Crippen LogP contribution in [0, 0.1) is 0 Å². The molecule has 0 aliphatic rings. The SMILES string of the molecule is CCCNC(=O)[C@H](C)Sc1n[nH]c(-c2ccc(OC)cc2)n1. The molecule has 0 aliphatic carbocycles. The summed E-state index contributed by atoms with van der Waals surface area (Å²) in [5.41, 5.74) is 0.920. The van der Waals surface area contributed by atoms with Crippen molar-refractivity contribution in [2.24, 2.45) is 0 Å². The molecular weight excluding hydrogens is 300 g/mol. The average molecular weight is 320 g/mol. The third-order valence-corrected chi connectivity index (χ3v) is 3.99. The fourth-order valence-electron chi connectivity index (χ4n) is 1.78. The van der Waals surface area contributed by atoms with Gasteiger partial charge in [-0.2, -0.15) is 0 Å². The first kappa shape index (κ1) is 16.4. The maximum absolute atomic E-state index is 11.8. The highest BCUT2D eigenvalue weighted by Crippen LogP contribution is 2.24. The van der Waals surface area contributed by atoms with Gasteiger partial charge in [-0.1, -0.05) is 18.7 Å². The second-order valence-electron chi connectivity index (χ2n) is 4.75. The lowest BCUT2D eigenvalue weighted by molar-refractivity contribution is -0.120. The summed E-state index contributed by atoms with van der Waals surface area (Å²) >= 11 is 1.34. The Morgan fingerprint density at radius 1 is 1.41 bits per heavy atom. The van der Waals surface area contributed by atoms with E-state index < -0.39 is 0 Å². The summed E-state index contributed by atoms with van der Waals surface area (Å²) in [5, 5.41) is 10.2. The molecule has 22 heavy (non-hydrogen) atoms. The second kappa shape index (κ2) is 7.84. The number of amides is 1. The van der Waals surface area contributed by atoms with Gasteiger partial charge in [-0.3, -0.25) is 9.89 Å². The van der Waals surface area contributed by atoms with Gasteiger partial charge in [0.15, 0.2) is 5.82 Å². The summed E-state index contributed by atoms with van der Waals surface area (Å²) in [4.78, 5) is 16.3. The summed E-state index contributed by atoms with van der Waals surface area (Å²) in [6.07, 6.45) is 0.922. The largest absolute Gasteiger partial charge is 0.497 e. The lowest BCUT2D eigenvalue weighted by Gasteiger charge is -2.08. The van der Waals surface area contributed by atoms with Gasteiger partial charge >= 0.3 is 0 Å². The number of hydrogen-bond acceptors (Lipinski definition) is 5. The average Bonchev–Trinajstić information content (AvgIpc) is 3.01. The molecule has 1 atom stereocenters. The lowest BCUT2D eigenvalue weighted by atomic mass is 10.2. The Kier molecular flexibility index (Phi) is 5.83. The highest BCUT2D eigenvalue weighted by Gasteiger charge is 2.16. The van der Waals surface area contributed by atoms with Crippen LogP contribution in [0.3, 0.4) is 0 Å². The molecule has 7 heteroatoms. The Hall–Kier alpha value is -2.02. The van der Waals surface area contributed by atoms with Crippen LogP contribution >= 0.6 is 11.8 Å². The van der Waals surface area contributed by atoms with E-state index in [0.29, 0.717) is 17.5 Å². The Balaban J connectivity index is 2.00. The molecule has 0 saturated carbocycles. The zero-order valence-corrected chi connectivity index (χ0v) is 13.7. The van der Waals surface area contributed by atoms with E-state index in [2.05, 4.69) is 20.5 Å². The molecule has 0 radical (unpaired) electrons. The van der Waals surface area contributed by atoms with Gasteiger partial charge in [0.05, 0.1) is 12.4 Å². The summed E-state index contributed by atoms with van der Waals surface area (Å²) in [7, 11) is 1.63. The van der Waals surface area contributed by atoms with Crippen LogP contribution in [0.25, 0.3) is 11.4 Å². The summed E-state index contributed by atoms with van der Waals surface area (Å²) < 4.78 is 5.13. The van der Waals surface area contributed by atoms with Crippen molar-refractivity contribution in [3.63, 3.8) is 0 Å². The van der Waals surface area contributed by atoms with Gasteiger partial charge in [0, 0.05) is 12.1 Å². The first-order valence-corrected chi connectivity index (χ1v) is 8.03. The number of methoxy groups -OCH3 is 1. The van der Waals surface area contributed by atoms with Gasteiger partial charge in [-0.15, -0.1) is 5.10 Å². The minimum Gasteiger partial charge on any atom is -0.497 e. The van der Waals surface area contributed by atoms with Crippen molar-refractivity contribution in [2.75, 3.05) is 13.7 Å². The Bertz CT molecular complexity index is 612. The molecule has 6 nitrogen and oxygen atoms in total. The van der Waals surface area contributed by atoms with Crippen LogP contribution in [0.5, 0.6) is 5.75 Å². The fourth-order valence-corrected chi connectivity index (χ4v) is 2.53. The molecule has 0 bridgehead atoms. The number of nitrogens with one attached hydrogen (secondary N) is 2. The highest BCUT2D eigenvalue weighted by molar-refractivity contribution is 8.00. The topological polar surface area (TPSA) is 79.9 Å². The minimum atomic E-state index is -0.230. The first-order valence-electron chi connectivity index (χ1n) is 7.15. The third kappa shape index (κ3) is 4.24. The van der Waals surface area contributed by atoms with Gasteiger partial charge in [0.25, 0.3) is 0 Å². The van der Waals surface area contributed by atoms with E-state index in [-0.39, 0.29) is 11.2 Å². The molecule has 2 rings (SSSR count). The number of H-pyrrole nitrogens is 1.